The number of carbonyl (C=O) groups excluding carboxylic acids is 3. The molecule has 10 nitrogen and oxygen atoms in total. The molecule has 4 atom stereocenters. The number of thiol groups is 1. The summed E-state index contributed by atoms with van der Waals surface area (Å²) in [6.45, 7) is 3.97. The highest BCUT2D eigenvalue weighted by Crippen LogP contribution is 2.03. The Morgan fingerprint density at radius 1 is 1.00 bits per heavy atom. The quantitative estimate of drug-likeness (QED) is 0.205. The standard InChI is InChI=1S/C14H26N4O6S/c1-6(2)10(18-12(21)8(15)5-25)13(22)16-7(3)11(20)17-9(4-19)14(23)24/h6-10,19,25H,4-5,15H2,1-3H3,(H,16,22)(H,17,20)(H,18,21)(H,23,24). The van der Waals surface area contributed by atoms with Crippen LogP contribution in [0.5, 0.6) is 0 Å². The number of aliphatic hydroxyl groups excluding tert-OH is 1. The largest absolute Gasteiger partial charge is 0.480 e. The third-order valence-electron chi connectivity index (χ3n) is 3.33. The van der Waals surface area contributed by atoms with Gasteiger partial charge in [-0.1, -0.05) is 13.8 Å². The summed E-state index contributed by atoms with van der Waals surface area (Å²) in [6, 6.07) is -4.35. The van der Waals surface area contributed by atoms with E-state index >= 15 is 0 Å². The topological polar surface area (TPSA) is 171 Å². The van der Waals surface area contributed by atoms with Crippen molar-refractivity contribution in [3.8, 4) is 0 Å². The molecule has 0 fully saturated rings. The van der Waals surface area contributed by atoms with Crippen LogP contribution in [0.2, 0.25) is 0 Å². The fourth-order valence-corrected chi connectivity index (χ4v) is 1.89. The maximum atomic E-state index is 12.3. The van der Waals surface area contributed by atoms with Crippen molar-refractivity contribution in [2.75, 3.05) is 12.4 Å². The molecular formula is C14H26N4O6S. The average Bonchev–Trinajstić information content (AvgIpc) is 2.54. The number of aliphatic hydroxyl groups is 1. The molecule has 0 aromatic carbocycles. The maximum Gasteiger partial charge on any atom is 0.328 e. The Labute approximate surface area is 151 Å². The number of hydrogen-bond acceptors (Lipinski definition) is 7. The van der Waals surface area contributed by atoms with Crippen molar-refractivity contribution in [1.82, 2.24) is 16.0 Å². The second kappa shape index (κ2) is 10.9. The van der Waals surface area contributed by atoms with E-state index in [2.05, 4.69) is 28.6 Å². The Hall–Kier alpha value is -1.85. The van der Waals surface area contributed by atoms with Crippen molar-refractivity contribution in [3.05, 3.63) is 0 Å². The number of rotatable bonds is 10. The van der Waals surface area contributed by atoms with Crippen molar-refractivity contribution in [1.29, 1.82) is 0 Å². The van der Waals surface area contributed by atoms with Crippen LogP contribution < -0.4 is 21.7 Å². The Morgan fingerprint density at radius 2 is 1.56 bits per heavy atom. The van der Waals surface area contributed by atoms with Gasteiger partial charge in [0, 0.05) is 5.75 Å². The zero-order valence-corrected chi connectivity index (χ0v) is 15.2. The van der Waals surface area contributed by atoms with Gasteiger partial charge in [0.05, 0.1) is 12.6 Å². The third kappa shape index (κ3) is 7.71. The molecule has 0 saturated heterocycles. The van der Waals surface area contributed by atoms with Crippen LogP contribution in [0, 0.1) is 5.92 Å². The second-order valence-corrected chi connectivity index (χ2v) is 6.20. The number of nitrogens with one attached hydrogen (secondary N) is 3. The molecule has 4 unspecified atom stereocenters. The van der Waals surface area contributed by atoms with Crippen LogP contribution in [-0.4, -0.2) is 70.4 Å². The predicted molar refractivity (Wildman–Crippen MR) is 92.9 cm³/mol. The molecule has 0 heterocycles. The van der Waals surface area contributed by atoms with Crippen LogP contribution in [0.4, 0.5) is 0 Å². The molecule has 144 valence electrons. The summed E-state index contributed by atoms with van der Waals surface area (Å²) in [4.78, 5) is 46.8. The molecule has 0 aliphatic rings. The molecule has 0 radical (unpaired) electrons. The van der Waals surface area contributed by atoms with Gasteiger partial charge in [-0.15, -0.1) is 0 Å². The van der Waals surface area contributed by atoms with E-state index in [4.69, 9.17) is 15.9 Å². The van der Waals surface area contributed by atoms with Gasteiger partial charge in [-0.25, -0.2) is 4.79 Å². The van der Waals surface area contributed by atoms with Gasteiger partial charge < -0.3 is 31.9 Å². The van der Waals surface area contributed by atoms with Crippen LogP contribution >= 0.6 is 12.6 Å². The van der Waals surface area contributed by atoms with Crippen molar-refractivity contribution in [2.45, 2.75) is 44.9 Å². The Kier molecular flexibility index (Phi) is 10.1. The lowest BCUT2D eigenvalue weighted by molar-refractivity contribution is -0.143. The first kappa shape index (κ1) is 23.1. The van der Waals surface area contributed by atoms with Gasteiger partial charge in [-0.2, -0.15) is 12.6 Å². The molecule has 0 rings (SSSR count). The minimum atomic E-state index is -1.47. The summed E-state index contributed by atoms with van der Waals surface area (Å²) >= 11 is 3.91. The zero-order chi connectivity index (χ0) is 19.7. The third-order valence-corrected chi connectivity index (χ3v) is 3.72. The number of carbonyl (C=O) groups is 4. The first-order valence-electron chi connectivity index (χ1n) is 7.66. The first-order chi connectivity index (χ1) is 11.5. The maximum absolute atomic E-state index is 12.3. The summed E-state index contributed by atoms with van der Waals surface area (Å²) in [5, 5.41) is 24.7. The highest BCUT2D eigenvalue weighted by molar-refractivity contribution is 7.80. The van der Waals surface area contributed by atoms with Crippen molar-refractivity contribution < 1.29 is 29.4 Å². The van der Waals surface area contributed by atoms with Gasteiger partial charge >= 0.3 is 5.97 Å². The van der Waals surface area contributed by atoms with Crippen LogP contribution in [-0.2, 0) is 19.2 Å². The summed E-state index contributed by atoms with van der Waals surface area (Å²) in [6.07, 6.45) is 0. The second-order valence-electron chi connectivity index (χ2n) is 5.83. The molecule has 11 heteroatoms. The molecule has 0 aliphatic carbocycles. The van der Waals surface area contributed by atoms with Crippen molar-refractivity contribution >= 4 is 36.3 Å². The fourth-order valence-electron chi connectivity index (χ4n) is 1.73. The fraction of sp³-hybridized carbons (Fsp3) is 0.714. The lowest BCUT2D eigenvalue weighted by atomic mass is 10.0. The normalized spacial score (nSPS) is 15.6. The van der Waals surface area contributed by atoms with Gasteiger partial charge in [0.2, 0.25) is 17.7 Å². The minimum Gasteiger partial charge on any atom is -0.480 e. The SMILES string of the molecule is CC(NC(=O)C(NC(=O)C(N)CS)C(C)C)C(=O)NC(CO)C(=O)O. The number of hydrogen-bond donors (Lipinski definition) is 7. The predicted octanol–water partition coefficient (Wildman–Crippen LogP) is -2.55. The number of nitrogens with two attached hydrogens (primary N) is 1. The Morgan fingerprint density at radius 3 is 1.96 bits per heavy atom. The lowest BCUT2D eigenvalue weighted by Crippen LogP contribution is -2.58. The lowest BCUT2D eigenvalue weighted by Gasteiger charge is -2.25. The van der Waals surface area contributed by atoms with Crippen LogP contribution in [0.15, 0.2) is 0 Å². The van der Waals surface area contributed by atoms with E-state index in [9.17, 15) is 19.2 Å². The van der Waals surface area contributed by atoms with E-state index in [1.807, 2.05) is 0 Å². The van der Waals surface area contributed by atoms with Crippen LogP contribution in [0.3, 0.4) is 0 Å². The zero-order valence-electron chi connectivity index (χ0n) is 14.4. The number of amides is 3. The van der Waals surface area contributed by atoms with Crippen LogP contribution in [0.1, 0.15) is 20.8 Å². The van der Waals surface area contributed by atoms with Gasteiger partial charge in [-0.3, -0.25) is 14.4 Å². The van der Waals surface area contributed by atoms with E-state index in [1.54, 1.807) is 13.8 Å². The van der Waals surface area contributed by atoms with Crippen molar-refractivity contribution in [3.63, 3.8) is 0 Å². The molecule has 0 spiro atoms. The van der Waals surface area contributed by atoms with Gasteiger partial charge in [0.1, 0.15) is 18.1 Å². The minimum absolute atomic E-state index is 0.106. The molecule has 0 aromatic heterocycles. The molecule has 7 N–H and O–H groups in total. The van der Waals surface area contributed by atoms with Crippen molar-refractivity contribution in [2.24, 2.45) is 11.7 Å². The van der Waals surface area contributed by atoms with Gasteiger partial charge in [0.25, 0.3) is 0 Å². The molecular weight excluding hydrogens is 352 g/mol. The molecule has 0 aliphatic heterocycles. The van der Waals surface area contributed by atoms with E-state index < -0.39 is 54.5 Å². The molecule has 25 heavy (non-hydrogen) atoms. The van der Waals surface area contributed by atoms with E-state index in [0.717, 1.165) is 0 Å². The number of carboxylic acids is 1. The molecule has 0 saturated carbocycles. The average molecular weight is 378 g/mol. The number of carboxylic acid groups (broad SMARTS) is 1. The van der Waals surface area contributed by atoms with Gasteiger partial charge in [-0.05, 0) is 12.8 Å². The van der Waals surface area contributed by atoms with Gasteiger partial charge in [0.15, 0.2) is 0 Å². The smallest absolute Gasteiger partial charge is 0.328 e. The van der Waals surface area contributed by atoms with E-state index in [-0.39, 0.29) is 11.7 Å². The summed E-state index contributed by atoms with van der Waals surface area (Å²) in [5.41, 5.74) is 5.55. The highest BCUT2D eigenvalue weighted by atomic mass is 32.1. The molecule has 3 amide bonds. The van der Waals surface area contributed by atoms with E-state index in [1.165, 1.54) is 6.92 Å². The molecule has 0 aromatic rings. The highest BCUT2D eigenvalue weighted by Gasteiger charge is 2.29. The summed E-state index contributed by atoms with van der Waals surface area (Å²) in [5.74, 6) is -3.52. The number of aliphatic carboxylic acids is 1. The monoisotopic (exact) mass is 378 g/mol. The van der Waals surface area contributed by atoms with E-state index in [0.29, 0.717) is 0 Å². The summed E-state index contributed by atoms with van der Waals surface area (Å²) < 4.78 is 0. The molecule has 0 bridgehead atoms. The Balaban J connectivity index is 4.86. The van der Waals surface area contributed by atoms with Crippen LogP contribution in [0.25, 0.3) is 0 Å². The Bertz CT molecular complexity index is 502. The first-order valence-corrected chi connectivity index (χ1v) is 8.29. The summed E-state index contributed by atoms with van der Waals surface area (Å²) in [7, 11) is 0.